The molecule has 0 aromatic carbocycles. The molecule has 58 valence electrons. The normalized spacial score (nSPS) is 12.0. The molecule has 0 saturated carbocycles. The quantitative estimate of drug-likeness (QED) is 0.696. The average Bonchev–Trinajstić information content (AvgIpc) is 2.05. The van der Waals surface area contributed by atoms with Gasteiger partial charge in [-0.15, -0.1) is 24.0 Å². The number of pyridine rings is 1. The summed E-state index contributed by atoms with van der Waals surface area (Å²) in [5.74, 6) is 0.880. The predicted molar refractivity (Wildman–Crippen MR) is 55.4 cm³/mol. The van der Waals surface area contributed by atoms with E-state index in [1.54, 1.807) is 6.20 Å². The first-order valence-corrected chi connectivity index (χ1v) is 3.10. The summed E-state index contributed by atoms with van der Waals surface area (Å²) in [6.07, 6.45) is 5.56. The van der Waals surface area contributed by atoms with Crippen molar-refractivity contribution in [2.75, 3.05) is 5.43 Å². The monoisotopic (exact) mass is 261 g/mol. The Hall–Kier alpha value is -0.780. The Labute approximate surface area is 81.9 Å². The molecule has 0 radical (unpaired) electrons. The van der Waals surface area contributed by atoms with E-state index in [0.29, 0.717) is 0 Å². The minimum absolute atomic E-state index is 0. The number of halogens is 1. The second-order valence-electron chi connectivity index (χ2n) is 2.04. The van der Waals surface area contributed by atoms with E-state index in [-0.39, 0.29) is 24.0 Å². The fourth-order valence-corrected chi connectivity index (χ4v) is 0.898. The van der Waals surface area contributed by atoms with Gasteiger partial charge in [0.1, 0.15) is 0 Å². The molecular weight excluding hydrogens is 253 g/mol. The fourth-order valence-electron chi connectivity index (χ4n) is 0.898. The Morgan fingerprint density at radius 1 is 1.36 bits per heavy atom. The number of aromatic nitrogens is 1. The highest BCUT2D eigenvalue weighted by molar-refractivity contribution is 14.0. The van der Waals surface area contributed by atoms with Crippen molar-refractivity contribution in [3.8, 4) is 0 Å². The van der Waals surface area contributed by atoms with E-state index in [2.05, 4.69) is 15.8 Å². The van der Waals surface area contributed by atoms with Crippen LogP contribution in [0.2, 0.25) is 0 Å². The maximum atomic E-state index is 4.09. The van der Waals surface area contributed by atoms with Gasteiger partial charge in [0, 0.05) is 18.0 Å². The smallest absolute Gasteiger partial charge is 0.151 e. The molecule has 0 spiro atoms. The van der Waals surface area contributed by atoms with Crippen molar-refractivity contribution in [1.82, 2.24) is 10.4 Å². The summed E-state index contributed by atoms with van der Waals surface area (Å²) in [6, 6.07) is 3.92. The van der Waals surface area contributed by atoms with Gasteiger partial charge in [0.2, 0.25) is 0 Å². The van der Waals surface area contributed by atoms with Crippen LogP contribution in [0.25, 0.3) is 6.08 Å². The zero-order valence-electron chi connectivity index (χ0n) is 5.74. The zero-order chi connectivity index (χ0) is 6.81. The number of fused-ring (bicyclic) bond motifs is 1. The number of hydrazine groups is 1. The van der Waals surface area contributed by atoms with Crippen molar-refractivity contribution in [2.45, 2.75) is 0 Å². The van der Waals surface area contributed by atoms with Gasteiger partial charge >= 0.3 is 0 Å². The van der Waals surface area contributed by atoms with Gasteiger partial charge in [-0.05, 0) is 18.2 Å². The first-order chi connectivity index (χ1) is 4.97. The van der Waals surface area contributed by atoms with Gasteiger partial charge in [-0.25, -0.2) is 4.98 Å². The largest absolute Gasteiger partial charge is 0.307 e. The first kappa shape index (κ1) is 8.32. The standard InChI is InChI=1S/C7H7N3.HI/c1-2-6-3-5-9-10-7(6)8-4-1;/h1-5,9H,(H,8,10);1H. The summed E-state index contributed by atoms with van der Waals surface area (Å²) in [5, 5.41) is 0. The maximum absolute atomic E-state index is 4.09. The summed E-state index contributed by atoms with van der Waals surface area (Å²) in [4.78, 5) is 4.09. The molecule has 2 heterocycles. The Morgan fingerprint density at radius 2 is 2.27 bits per heavy atom. The molecule has 0 fully saturated rings. The summed E-state index contributed by atoms with van der Waals surface area (Å²) in [7, 11) is 0. The molecule has 0 amide bonds. The fraction of sp³-hybridized carbons (Fsp3) is 0. The summed E-state index contributed by atoms with van der Waals surface area (Å²) >= 11 is 0. The van der Waals surface area contributed by atoms with Gasteiger partial charge in [0.15, 0.2) is 5.82 Å². The Balaban J connectivity index is 0.000000605. The van der Waals surface area contributed by atoms with Crippen LogP contribution in [0, 0.1) is 0 Å². The molecule has 2 N–H and O–H groups in total. The molecule has 1 aromatic heterocycles. The topological polar surface area (TPSA) is 37.0 Å². The third-order valence-corrected chi connectivity index (χ3v) is 1.38. The molecule has 2 rings (SSSR count). The van der Waals surface area contributed by atoms with Crippen LogP contribution in [-0.2, 0) is 0 Å². The second-order valence-corrected chi connectivity index (χ2v) is 2.04. The summed E-state index contributed by atoms with van der Waals surface area (Å²) in [5.41, 5.74) is 6.87. The van der Waals surface area contributed by atoms with Gasteiger partial charge in [-0.2, -0.15) is 0 Å². The minimum Gasteiger partial charge on any atom is -0.307 e. The van der Waals surface area contributed by atoms with Gasteiger partial charge < -0.3 is 5.43 Å². The molecule has 0 aliphatic carbocycles. The van der Waals surface area contributed by atoms with Crippen LogP contribution in [-0.4, -0.2) is 4.98 Å². The third kappa shape index (κ3) is 1.62. The van der Waals surface area contributed by atoms with Crippen molar-refractivity contribution >= 4 is 35.9 Å². The van der Waals surface area contributed by atoms with E-state index < -0.39 is 0 Å². The molecule has 0 saturated heterocycles. The van der Waals surface area contributed by atoms with Crippen molar-refractivity contribution in [1.29, 1.82) is 0 Å². The first-order valence-electron chi connectivity index (χ1n) is 3.10. The highest BCUT2D eigenvalue weighted by Gasteiger charge is 2.00. The van der Waals surface area contributed by atoms with Crippen LogP contribution in [0.1, 0.15) is 5.56 Å². The molecule has 0 bridgehead atoms. The number of anilines is 1. The van der Waals surface area contributed by atoms with Gasteiger partial charge in [-0.1, -0.05) is 0 Å². The van der Waals surface area contributed by atoms with Gasteiger partial charge in [-0.3, -0.25) is 5.43 Å². The van der Waals surface area contributed by atoms with Crippen molar-refractivity contribution in [3.05, 3.63) is 30.1 Å². The van der Waals surface area contributed by atoms with Crippen molar-refractivity contribution in [2.24, 2.45) is 0 Å². The lowest BCUT2D eigenvalue weighted by atomic mass is 10.2. The summed E-state index contributed by atoms with van der Waals surface area (Å²) < 4.78 is 0. The van der Waals surface area contributed by atoms with E-state index >= 15 is 0 Å². The van der Waals surface area contributed by atoms with Crippen LogP contribution in [0.3, 0.4) is 0 Å². The van der Waals surface area contributed by atoms with E-state index in [1.165, 1.54) is 0 Å². The molecule has 1 aromatic rings. The van der Waals surface area contributed by atoms with Crippen LogP contribution >= 0.6 is 24.0 Å². The van der Waals surface area contributed by atoms with E-state index in [0.717, 1.165) is 11.4 Å². The molecule has 0 unspecified atom stereocenters. The molecule has 0 atom stereocenters. The highest BCUT2D eigenvalue weighted by Crippen LogP contribution is 2.13. The van der Waals surface area contributed by atoms with E-state index in [1.807, 2.05) is 24.4 Å². The summed E-state index contributed by atoms with van der Waals surface area (Å²) in [6.45, 7) is 0. The Kier molecular flexibility index (Phi) is 2.70. The average molecular weight is 261 g/mol. The maximum Gasteiger partial charge on any atom is 0.151 e. The lowest BCUT2D eigenvalue weighted by Crippen LogP contribution is -2.18. The van der Waals surface area contributed by atoms with Crippen LogP contribution in [0.15, 0.2) is 24.5 Å². The predicted octanol–water partition coefficient (Wildman–Crippen LogP) is 1.60. The molecule has 11 heavy (non-hydrogen) atoms. The van der Waals surface area contributed by atoms with Gasteiger partial charge in [0.25, 0.3) is 0 Å². The van der Waals surface area contributed by atoms with Crippen LogP contribution < -0.4 is 10.9 Å². The number of rotatable bonds is 0. The van der Waals surface area contributed by atoms with E-state index in [9.17, 15) is 0 Å². The Bertz CT molecular complexity index is 272. The number of hydrogen-bond acceptors (Lipinski definition) is 3. The number of nitrogens with one attached hydrogen (secondary N) is 2. The minimum atomic E-state index is 0. The van der Waals surface area contributed by atoms with Crippen molar-refractivity contribution in [3.63, 3.8) is 0 Å². The number of nitrogens with zero attached hydrogens (tertiary/aromatic N) is 1. The lowest BCUT2D eigenvalue weighted by molar-refractivity contribution is 1.02. The number of hydrogen-bond donors (Lipinski definition) is 2. The molecular formula is C7H8IN3. The molecule has 1 aliphatic heterocycles. The molecule has 4 heteroatoms. The lowest BCUT2D eigenvalue weighted by Gasteiger charge is -2.11. The SMILES string of the molecule is C1=Cc2cccnc2NN1.I. The molecule has 1 aliphatic rings. The zero-order valence-corrected chi connectivity index (χ0v) is 8.07. The van der Waals surface area contributed by atoms with Gasteiger partial charge in [0.05, 0.1) is 0 Å². The van der Waals surface area contributed by atoms with Crippen LogP contribution in [0.5, 0.6) is 0 Å². The Morgan fingerprint density at radius 3 is 3.09 bits per heavy atom. The van der Waals surface area contributed by atoms with E-state index in [4.69, 9.17) is 0 Å². The van der Waals surface area contributed by atoms with Crippen molar-refractivity contribution < 1.29 is 0 Å². The molecule has 3 nitrogen and oxygen atoms in total. The highest BCUT2D eigenvalue weighted by atomic mass is 127. The third-order valence-electron chi connectivity index (χ3n) is 1.38. The van der Waals surface area contributed by atoms with Crippen LogP contribution in [0.4, 0.5) is 5.82 Å². The second kappa shape index (κ2) is 3.56.